The van der Waals surface area contributed by atoms with E-state index in [1.165, 1.54) is 18.4 Å². The maximum Gasteiger partial charge on any atom is 0.137 e. The highest BCUT2D eigenvalue weighted by Crippen LogP contribution is 2.62. The summed E-state index contributed by atoms with van der Waals surface area (Å²) in [5.74, 6) is 1.61. The van der Waals surface area contributed by atoms with Crippen LogP contribution in [0.25, 0.3) is 16.7 Å². The first-order valence-electron chi connectivity index (χ1n) is 7.54. The van der Waals surface area contributed by atoms with Crippen LogP contribution in [0.15, 0.2) is 36.5 Å². The molecule has 0 N–H and O–H groups in total. The summed E-state index contributed by atoms with van der Waals surface area (Å²) in [6.45, 7) is 4.87. The molecule has 100 valence electrons. The number of aromatic nitrogens is 2. The fourth-order valence-electron chi connectivity index (χ4n) is 4.43. The summed E-state index contributed by atoms with van der Waals surface area (Å²) in [6.07, 6.45) is 4.73. The minimum Gasteiger partial charge on any atom is -0.300 e. The SMILES string of the molecule is CC1(C)[C@@H]2Cc3cc4c(cc3[C@H]1C2)nc1ccccn14. The first kappa shape index (κ1) is 10.9. The lowest BCUT2D eigenvalue weighted by Crippen LogP contribution is -2.48. The van der Waals surface area contributed by atoms with Gasteiger partial charge in [0.1, 0.15) is 5.65 Å². The highest BCUT2D eigenvalue weighted by atomic mass is 15.0. The Kier molecular flexibility index (Phi) is 1.77. The minimum absolute atomic E-state index is 0.486. The molecule has 2 nitrogen and oxygen atoms in total. The normalized spacial score (nSPS) is 26.5. The Morgan fingerprint density at radius 3 is 3.00 bits per heavy atom. The molecule has 1 fully saturated rings. The standard InChI is InChI=1S/C18H18N2/c1-18(2)12-7-11-8-16-15(10-13(11)14(18)9-12)19-17-5-3-4-6-20(16)17/h3-6,8,10,12,14H,7,9H2,1-2H3/t12-,14-/m1/s1. The average Bonchev–Trinajstić information content (AvgIpc) is 2.81. The topological polar surface area (TPSA) is 17.3 Å². The van der Waals surface area contributed by atoms with Gasteiger partial charge < -0.3 is 0 Å². The van der Waals surface area contributed by atoms with Crippen molar-refractivity contribution in [2.24, 2.45) is 11.3 Å². The Bertz CT molecular complexity index is 856. The van der Waals surface area contributed by atoms with Crippen LogP contribution in [0, 0.1) is 11.3 Å². The maximum absolute atomic E-state index is 4.79. The van der Waals surface area contributed by atoms with Gasteiger partial charge in [0.2, 0.25) is 0 Å². The molecule has 20 heavy (non-hydrogen) atoms. The molecule has 3 aromatic rings. The summed E-state index contributed by atoms with van der Waals surface area (Å²) in [5, 5.41) is 0. The van der Waals surface area contributed by atoms with Gasteiger partial charge in [0.25, 0.3) is 0 Å². The molecule has 3 aliphatic rings. The Morgan fingerprint density at radius 2 is 2.15 bits per heavy atom. The molecule has 6 rings (SSSR count). The molecule has 2 bridgehead atoms. The molecule has 2 heteroatoms. The zero-order chi connectivity index (χ0) is 13.5. The predicted octanol–water partition coefficient (Wildman–Crippen LogP) is 4.17. The quantitative estimate of drug-likeness (QED) is 0.594. The first-order chi connectivity index (χ1) is 9.64. The predicted molar refractivity (Wildman–Crippen MR) is 81.0 cm³/mol. The molecular weight excluding hydrogens is 244 g/mol. The second kappa shape index (κ2) is 3.25. The molecular formula is C18H18N2. The zero-order valence-electron chi connectivity index (χ0n) is 11.9. The van der Waals surface area contributed by atoms with Gasteiger partial charge in [0.05, 0.1) is 11.0 Å². The van der Waals surface area contributed by atoms with Crippen LogP contribution in [0.5, 0.6) is 0 Å². The molecule has 0 amide bonds. The summed E-state index contributed by atoms with van der Waals surface area (Å²) in [4.78, 5) is 4.79. The molecule has 1 saturated carbocycles. The number of hydrogen-bond donors (Lipinski definition) is 0. The van der Waals surface area contributed by atoms with Gasteiger partial charge in [0, 0.05) is 6.20 Å². The lowest BCUT2D eigenvalue weighted by atomic mass is 9.47. The zero-order valence-corrected chi connectivity index (χ0v) is 11.9. The van der Waals surface area contributed by atoms with Crippen molar-refractivity contribution in [3.05, 3.63) is 47.7 Å². The Hall–Kier alpha value is -1.83. The summed E-state index contributed by atoms with van der Waals surface area (Å²) in [7, 11) is 0. The fourth-order valence-corrected chi connectivity index (χ4v) is 4.43. The molecule has 1 aromatic carbocycles. The van der Waals surface area contributed by atoms with E-state index in [1.807, 2.05) is 0 Å². The van der Waals surface area contributed by atoms with Crippen LogP contribution < -0.4 is 0 Å². The summed E-state index contributed by atoms with van der Waals surface area (Å²) >= 11 is 0. The molecule has 2 atom stereocenters. The van der Waals surface area contributed by atoms with Crippen LogP contribution in [0.2, 0.25) is 0 Å². The number of imidazole rings is 1. The van der Waals surface area contributed by atoms with Crippen molar-refractivity contribution in [1.82, 2.24) is 9.38 Å². The van der Waals surface area contributed by atoms with Crippen LogP contribution in [0.4, 0.5) is 0 Å². The number of fused-ring (bicyclic) bond motifs is 3. The molecule has 0 saturated heterocycles. The molecule has 3 aliphatic carbocycles. The molecule has 2 heterocycles. The second-order valence-corrected chi connectivity index (χ2v) is 7.09. The number of benzene rings is 1. The lowest BCUT2D eigenvalue weighted by Gasteiger charge is -2.57. The van der Waals surface area contributed by atoms with E-state index in [0.29, 0.717) is 5.41 Å². The lowest BCUT2D eigenvalue weighted by molar-refractivity contribution is 0.0187. The van der Waals surface area contributed by atoms with Gasteiger partial charge in [0.15, 0.2) is 0 Å². The van der Waals surface area contributed by atoms with Crippen molar-refractivity contribution in [3.63, 3.8) is 0 Å². The number of hydrogen-bond acceptors (Lipinski definition) is 1. The van der Waals surface area contributed by atoms with Crippen molar-refractivity contribution in [2.75, 3.05) is 0 Å². The van der Waals surface area contributed by atoms with Crippen molar-refractivity contribution < 1.29 is 0 Å². The van der Waals surface area contributed by atoms with Crippen LogP contribution in [-0.4, -0.2) is 9.38 Å². The Labute approximate surface area is 118 Å². The third-order valence-corrected chi connectivity index (χ3v) is 5.88. The van der Waals surface area contributed by atoms with Crippen molar-refractivity contribution in [1.29, 1.82) is 0 Å². The van der Waals surface area contributed by atoms with Crippen LogP contribution in [0.3, 0.4) is 0 Å². The molecule has 0 radical (unpaired) electrons. The van der Waals surface area contributed by atoms with Crippen LogP contribution >= 0.6 is 0 Å². The smallest absolute Gasteiger partial charge is 0.137 e. The summed E-state index contributed by atoms with van der Waals surface area (Å²) in [6, 6.07) is 11.0. The van der Waals surface area contributed by atoms with E-state index in [2.05, 4.69) is 54.8 Å². The number of pyridine rings is 1. The summed E-state index contributed by atoms with van der Waals surface area (Å²) in [5.41, 5.74) is 7.07. The number of rotatable bonds is 0. The van der Waals surface area contributed by atoms with Gasteiger partial charge in [-0.1, -0.05) is 19.9 Å². The third-order valence-electron chi connectivity index (χ3n) is 5.88. The second-order valence-electron chi connectivity index (χ2n) is 7.09. The van der Waals surface area contributed by atoms with E-state index in [0.717, 1.165) is 23.0 Å². The highest BCUT2D eigenvalue weighted by Gasteiger charge is 2.52. The van der Waals surface area contributed by atoms with E-state index in [9.17, 15) is 0 Å². The monoisotopic (exact) mass is 262 g/mol. The third kappa shape index (κ3) is 1.14. The molecule has 0 spiro atoms. The van der Waals surface area contributed by atoms with E-state index < -0.39 is 0 Å². The fraction of sp³-hybridized carbons (Fsp3) is 0.389. The average molecular weight is 262 g/mol. The van der Waals surface area contributed by atoms with Gasteiger partial charge in [-0.2, -0.15) is 0 Å². The maximum atomic E-state index is 4.79. The van der Waals surface area contributed by atoms with Gasteiger partial charge in [-0.3, -0.25) is 4.40 Å². The summed E-state index contributed by atoms with van der Waals surface area (Å²) < 4.78 is 2.21. The van der Waals surface area contributed by atoms with Gasteiger partial charge in [-0.05, 0) is 65.5 Å². The minimum atomic E-state index is 0.486. The molecule has 0 aliphatic heterocycles. The van der Waals surface area contributed by atoms with E-state index in [-0.39, 0.29) is 0 Å². The van der Waals surface area contributed by atoms with E-state index in [4.69, 9.17) is 4.98 Å². The van der Waals surface area contributed by atoms with E-state index >= 15 is 0 Å². The van der Waals surface area contributed by atoms with Crippen molar-refractivity contribution >= 4 is 16.7 Å². The number of nitrogens with zero attached hydrogens (tertiary/aromatic N) is 2. The Morgan fingerprint density at radius 1 is 1.25 bits per heavy atom. The van der Waals surface area contributed by atoms with Crippen LogP contribution in [0.1, 0.15) is 37.3 Å². The van der Waals surface area contributed by atoms with Crippen molar-refractivity contribution in [2.45, 2.75) is 32.6 Å². The first-order valence-corrected chi connectivity index (χ1v) is 7.54. The van der Waals surface area contributed by atoms with E-state index in [1.54, 1.807) is 11.1 Å². The van der Waals surface area contributed by atoms with Gasteiger partial charge in [-0.25, -0.2) is 4.98 Å². The van der Waals surface area contributed by atoms with Gasteiger partial charge in [-0.15, -0.1) is 0 Å². The highest BCUT2D eigenvalue weighted by molar-refractivity contribution is 5.82. The van der Waals surface area contributed by atoms with Crippen molar-refractivity contribution in [3.8, 4) is 0 Å². The molecule has 0 unspecified atom stereocenters. The van der Waals surface area contributed by atoms with Gasteiger partial charge >= 0.3 is 0 Å². The Balaban J connectivity index is 1.83. The molecule has 2 aromatic heterocycles. The largest absolute Gasteiger partial charge is 0.300 e. The van der Waals surface area contributed by atoms with Crippen LogP contribution in [-0.2, 0) is 6.42 Å².